The molecule has 1 heterocycles. The second kappa shape index (κ2) is 4.65. The summed E-state index contributed by atoms with van der Waals surface area (Å²) in [6.45, 7) is 0.733. The van der Waals surface area contributed by atoms with Gasteiger partial charge in [0, 0.05) is 44.1 Å². The Morgan fingerprint density at radius 2 is 2.33 bits per heavy atom. The molecule has 0 amide bonds. The van der Waals surface area contributed by atoms with Gasteiger partial charge < -0.3 is 10.4 Å². The van der Waals surface area contributed by atoms with Gasteiger partial charge in [-0.2, -0.15) is 0 Å². The Bertz CT molecular complexity index is 101. The van der Waals surface area contributed by atoms with Crippen molar-refractivity contribution in [3.8, 4) is 0 Å². The molecule has 0 unspecified atom stereocenters. The van der Waals surface area contributed by atoms with E-state index in [1.54, 1.807) is 0 Å². The number of rotatable bonds is 1. The summed E-state index contributed by atoms with van der Waals surface area (Å²) in [6, 6.07) is -0.394. The van der Waals surface area contributed by atoms with Crippen molar-refractivity contribution in [3.63, 3.8) is 0 Å². The SMILES string of the molecule is O=C(O)[C@H]1CCC[N-]1.[Ac]. The molecular weight excluding hydrogens is 333 g/mol. The minimum Gasteiger partial charge on any atom is -0.650 e. The van der Waals surface area contributed by atoms with Gasteiger partial charge in [-0.3, -0.25) is 4.79 Å². The number of aliphatic carboxylic acids is 1. The first-order valence-electron chi connectivity index (χ1n) is 2.70. The van der Waals surface area contributed by atoms with Crippen molar-refractivity contribution in [2.24, 2.45) is 0 Å². The first-order chi connectivity index (χ1) is 3.80. The molecule has 0 aromatic carbocycles. The van der Waals surface area contributed by atoms with Crippen LogP contribution in [0, 0.1) is 44.1 Å². The standard InChI is InChI=1S/C5H8NO2.Ac/c7-5(8)4-2-1-3-6-4;/h4H,1-3H2,(H,7,8);/q-1;/t4-;/m1./s1. The zero-order chi connectivity index (χ0) is 5.98. The molecule has 1 N–H and O–H groups in total. The zero-order valence-electron chi connectivity index (χ0n) is 5.08. The van der Waals surface area contributed by atoms with Crippen LogP contribution in [0.1, 0.15) is 12.8 Å². The maximum atomic E-state index is 10.1. The maximum Gasteiger partial charge on any atom is 0.285 e. The molecule has 1 radical (unpaired) electrons. The minimum atomic E-state index is -0.775. The van der Waals surface area contributed by atoms with E-state index >= 15 is 0 Å². The van der Waals surface area contributed by atoms with Crippen LogP contribution < -0.4 is 0 Å². The summed E-state index contributed by atoms with van der Waals surface area (Å²) >= 11 is 0. The maximum absolute atomic E-state index is 10.1. The average Bonchev–Trinajstić information content (AvgIpc) is 2.12. The zero-order valence-corrected chi connectivity index (χ0v) is 9.82. The second-order valence-electron chi connectivity index (χ2n) is 1.90. The van der Waals surface area contributed by atoms with E-state index in [1.165, 1.54) is 0 Å². The summed E-state index contributed by atoms with van der Waals surface area (Å²) in [5.41, 5.74) is 0. The molecule has 1 aliphatic rings. The Hall–Kier alpha value is 0.872. The molecule has 0 spiro atoms. The molecule has 0 aromatic heterocycles. The fraction of sp³-hybridized carbons (Fsp3) is 0.800. The van der Waals surface area contributed by atoms with Crippen LogP contribution in [0.4, 0.5) is 0 Å². The summed E-state index contributed by atoms with van der Waals surface area (Å²) < 4.78 is 0. The molecule has 1 rings (SSSR count). The molecule has 1 atom stereocenters. The van der Waals surface area contributed by atoms with Gasteiger partial charge in [-0.25, -0.2) is 0 Å². The molecule has 1 aliphatic heterocycles. The van der Waals surface area contributed by atoms with E-state index in [2.05, 4.69) is 5.32 Å². The summed E-state index contributed by atoms with van der Waals surface area (Å²) in [7, 11) is 0. The van der Waals surface area contributed by atoms with E-state index in [1.807, 2.05) is 0 Å². The normalized spacial score (nSPS) is 25.1. The molecular formula is C5H8AcNO2-. The third kappa shape index (κ3) is 2.97. The first-order valence-corrected chi connectivity index (χ1v) is 2.70. The number of hydrogen-bond donors (Lipinski definition) is 1. The van der Waals surface area contributed by atoms with Crippen molar-refractivity contribution in [1.29, 1.82) is 0 Å². The van der Waals surface area contributed by atoms with Crippen LogP contribution in [0.25, 0.3) is 5.32 Å². The predicted molar refractivity (Wildman–Crippen MR) is 28.9 cm³/mol. The van der Waals surface area contributed by atoms with Gasteiger partial charge in [0.05, 0.1) is 0 Å². The Kier molecular flexibility index (Phi) is 5.10. The third-order valence-corrected chi connectivity index (χ3v) is 1.27. The Labute approximate surface area is 89.8 Å². The molecule has 0 aromatic rings. The van der Waals surface area contributed by atoms with Crippen molar-refractivity contribution >= 4 is 5.97 Å². The number of hydrogen-bond acceptors (Lipinski definition) is 1. The van der Waals surface area contributed by atoms with Crippen LogP contribution in [0.15, 0.2) is 0 Å². The fourth-order valence-electron chi connectivity index (χ4n) is 0.825. The largest absolute Gasteiger partial charge is 0.650 e. The van der Waals surface area contributed by atoms with Gasteiger partial charge in [0.1, 0.15) is 0 Å². The molecule has 0 saturated carbocycles. The van der Waals surface area contributed by atoms with E-state index in [9.17, 15) is 4.79 Å². The van der Waals surface area contributed by atoms with Gasteiger partial charge >= 0.3 is 0 Å². The quantitative estimate of drug-likeness (QED) is 0.760. The summed E-state index contributed by atoms with van der Waals surface area (Å²) in [4.78, 5) is 10.1. The summed E-state index contributed by atoms with van der Waals surface area (Å²) in [6.07, 6.45) is 1.67. The molecule has 0 bridgehead atoms. The number of carbonyl (C=O) groups is 1. The van der Waals surface area contributed by atoms with Gasteiger partial charge in [-0.05, 0) is 6.04 Å². The first kappa shape index (κ1) is 9.87. The molecule has 1 saturated heterocycles. The second-order valence-corrected chi connectivity index (χ2v) is 1.90. The molecule has 3 nitrogen and oxygen atoms in total. The fourth-order valence-corrected chi connectivity index (χ4v) is 0.825. The monoisotopic (exact) mass is 341 g/mol. The van der Waals surface area contributed by atoms with Gasteiger partial charge in [0.15, 0.2) is 0 Å². The number of carboxylic acid groups (broad SMARTS) is 1. The van der Waals surface area contributed by atoms with Crippen molar-refractivity contribution in [3.05, 3.63) is 5.32 Å². The van der Waals surface area contributed by atoms with Gasteiger partial charge in [0.2, 0.25) is 0 Å². The van der Waals surface area contributed by atoms with Gasteiger partial charge in [-0.1, -0.05) is 12.8 Å². The van der Waals surface area contributed by atoms with Crippen LogP contribution in [0.3, 0.4) is 0 Å². The Balaban J connectivity index is 0.000000640. The van der Waals surface area contributed by atoms with Crippen LogP contribution >= 0.6 is 0 Å². The smallest absolute Gasteiger partial charge is 0.285 e. The number of nitrogens with zero attached hydrogens (tertiary/aromatic N) is 1. The van der Waals surface area contributed by atoms with Crippen molar-refractivity contribution < 1.29 is 54.0 Å². The Morgan fingerprint density at radius 3 is 2.56 bits per heavy atom. The van der Waals surface area contributed by atoms with Crippen LogP contribution in [0.2, 0.25) is 0 Å². The average molecular weight is 341 g/mol. The van der Waals surface area contributed by atoms with E-state index in [-0.39, 0.29) is 44.1 Å². The van der Waals surface area contributed by atoms with Crippen molar-refractivity contribution in [2.75, 3.05) is 6.54 Å². The van der Waals surface area contributed by atoms with E-state index in [0.717, 1.165) is 19.4 Å². The van der Waals surface area contributed by atoms with Gasteiger partial charge in [0.25, 0.3) is 5.97 Å². The van der Waals surface area contributed by atoms with Crippen LogP contribution in [-0.4, -0.2) is 23.7 Å². The Morgan fingerprint density at radius 1 is 1.67 bits per heavy atom. The number of carboxylic acids is 1. The van der Waals surface area contributed by atoms with Gasteiger partial charge in [-0.15, -0.1) is 6.54 Å². The summed E-state index contributed by atoms with van der Waals surface area (Å²) in [5.74, 6) is -0.775. The predicted octanol–water partition coefficient (Wildman–Crippen LogP) is 0.607. The van der Waals surface area contributed by atoms with E-state index in [4.69, 9.17) is 5.11 Å². The molecule has 49 valence electrons. The molecule has 1 fully saturated rings. The van der Waals surface area contributed by atoms with E-state index < -0.39 is 12.0 Å². The van der Waals surface area contributed by atoms with Crippen LogP contribution in [0.5, 0.6) is 0 Å². The third-order valence-electron chi connectivity index (χ3n) is 1.27. The summed E-state index contributed by atoms with van der Waals surface area (Å²) in [5, 5.41) is 12.2. The van der Waals surface area contributed by atoms with Crippen LogP contribution in [-0.2, 0) is 4.79 Å². The topological polar surface area (TPSA) is 51.4 Å². The van der Waals surface area contributed by atoms with Crippen molar-refractivity contribution in [1.82, 2.24) is 0 Å². The van der Waals surface area contributed by atoms with Crippen molar-refractivity contribution in [2.45, 2.75) is 18.9 Å². The molecule has 0 aliphatic carbocycles. The molecule has 9 heavy (non-hydrogen) atoms. The van der Waals surface area contributed by atoms with E-state index in [0.29, 0.717) is 0 Å². The minimum absolute atomic E-state index is 0. The molecule has 4 heteroatoms.